The third-order valence-corrected chi connectivity index (χ3v) is 5.51. The summed E-state index contributed by atoms with van der Waals surface area (Å²) in [5, 5.41) is 3.05. The Balaban J connectivity index is 1.62. The van der Waals surface area contributed by atoms with Crippen LogP contribution in [0.15, 0.2) is 36.4 Å². The lowest BCUT2D eigenvalue weighted by Crippen LogP contribution is -2.46. The number of likely N-dealkylation sites (N-methyl/N-ethyl adjacent to an activating group) is 1. The summed E-state index contributed by atoms with van der Waals surface area (Å²) in [4.78, 5) is 17.4. The van der Waals surface area contributed by atoms with Gasteiger partial charge in [0.25, 0.3) is 0 Å². The lowest BCUT2D eigenvalue weighted by atomic mass is 10.1. The van der Waals surface area contributed by atoms with Crippen LogP contribution in [0.3, 0.4) is 0 Å². The average molecular weight is 382 g/mol. The summed E-state index contributed by atoms with van der Waals surface area (Å²) in [6.45, 7) is 11.7. The van der Waals surface area contributed by atoms with Crippen LogP contribution in [0.4, 0.5) is 11.4 Å². The summed E-state index contributed by atoms with van der Waals surface area (Å²) in [6.07, 6.45) is 0.330. The monoisotopic (exact) mass is 381 g/mol. The number of ether oxygens (including phenoxy) is 1. The van der Waals surface area contributed by atoms with Crippen LogP contribution in [0, 0.1) is 13.8 Å². The lowest BCUT2D eigenvalue weighted by molar-refractivity contribution is -0.115. The van der Waals surface area contributed by atoms with Crippen molar-refractivity contribution in [2.45, 2.75) is 27.2 Å². The van der Waals surface area contributed by atoms with Gasteiger partial charge in [0, 0.05) is 37.6 Å². The zero-order valence-electron chi connectivity index (χ0n) is 17.4. The van der Waals surface area contributed by atoms with E-state index in [9.17, 15) is 4.79 Å². The number of anilines is 2. The molecule has 1 aliphatic rings. The fourth-order valence-corrected chi connectivity index (χ4v) is 3.66. The molecule has 1 heterocycles. The maximum absolute atomic E-state index is 12.5. The molecular weight excluding hydrogens is 350 g/mol. The number of hydrogen-bond donors (Lipinski definition) is 1. The van der Waals surface area contributed by atoms with Crippen molar-refractivity contribution in [2.75, 3.05) is 50.1 Å². The number of nitrogens with zero attached hydrogens (tertiary/aromatic N) is 2. The van der Waals surface area contributed by atoms with Crippen molar-refractivity contribution >= 4 is 17.3 Å². The first-order chi connectivity index (χ1) is 13.5. The van der Waals surface area contributed by atoms with Crippen LogP contribution in [0.25, 0.3) is 0 Å². The van der Waals surface area contributed by atoms with E-state index in [2.05, 4.69) is 41.1 Å². The smallest absolute Gasteiger partial charge is 0.228 e. The van der Waals surface area contributed by atoms with Gasteiger partial charge in [-0.2, -0.15) is 0 Å². The Bertz CT molecular complexity index is 827. The van der Waals surface area contributed by atoms with Gasteiger partial charge < -0.3 is 19.9 Å². The number of rotatable bonds is 6. The fourth-order valence-electron chi connectivity index (χ4n) is 3.66. The number of methoxy groups -OCH3 is 1. The second-order valence-corrected chi connectivity index (χ2v) is 7.45. The molecule has 0 bridgehead atoms. The molecule has 0 aromatic heterocycles. The van der Waals surface area contributed by atoms with E-state index in [1.54, 1.807) is 7.11 Å². The molecule has 5 heteroatoms. The first kappa shape index (κ1) is 20.2. The third kappa shape index (κ3) is 4.84. The van der Waals surface area contributed by atoms with Crippen LogP contribution < -0.4 is 15.0 Å². The van der Waals surface area contributed by atoms with Crippen molar-refractivity contribution in [3.63, 3.8) is 0 Å². The number of amides is 1. The highest BCUT2D eigenvalue weighted by Gasteiger charge is 2.16. The molecule has 0 spiro atoms. The van der Waals surface area contributed by atoms with Crippen molar-refractivity contribution in [1.29, 1.82) is 0 Å². The first-order valence-corrected chi connectivity index (χ1v) is 10.0. The summed E-state index contributed by atoms with van der Waals surface area (Å²) >= 11 is 0. The number of hydrogen-bond acceptors (Lipinski definition) is 4. The second kappa shape index (κ2) is 9.11. The average Bonchev–Trinajstić information content (AvgIpc) is 2.71. The number of aryl methyl sites for hydroxylation is 2. The molecule has 0 unspecified atom stereocenters. The maximum Gasteiger partial charge on any atom is 0.228 e. The van der Waals surface area contributed by atoms with Gasteiger partial charge in [-0.05, 0) is 61.3 Å². The van der Waals surface area contributed by atoms with Gasteiger partial charge in [-0.15, -0.1) is 0 Å². The number of carbonyl (C=O) groups is 1. The molecule has 1 amide bonds. The van der Waals surface area contributed by atoms with Gasteiger partial charge >= 0.3 is 0 Å². The molecule has 150 valence electrons. The molecule has 5 nitrogen and oxygen atoms in total. The number of carbonyl (C=O) groups excluding carboxylic acids is 1. The first-order valence-electron chi connectivity index (χ1n) is 10.0. The fraction of sp³-hybridized carbons (Fsp3) is 0.435. The molecule has 0 aliphatic carbocycles. The van der Waals surface area contributed by atoms with Crippen molar-refractivity contribution < 1.29 is 9.53 Å². The Morgan fingerprint density at radius 3 is 2.43 bits per heavy atom. The maximum atomic E-state index is 12.5. The molecule has 0 atom stereocenters. The summed E-state index contributed by atoms with van der Waals surface area (Å²) in [5.74, 6) is 0.798. The largest absolute Gasteiger partial charge is 0.496 e. The molecular formula is C23H31N3O2. The van der Waals surface area contributed by atoms with Gasteiger partial charge in [0.2, 0.25) is 5.91 Å². The lowest BCUT2D eigenvalue weighted by Gasteiger charge is -2.35. The normalized spacial score (nSPS) is 14.8. The molecule has 2 aromatic carbocycles. The van der Waals surface area contributed by atoms with Crippen molar-refractivity contribution in [3.05, 3.63) is 53.1 Å². The molecule has 0 saturated carbocycles. The molecule has 28 heavy (non-hydrogen) atoms. The highest BCUT2D eigenvalue weighted by molar-refractivity contribution is 5.93. The van der Waals surface area contributed by atoms with E-state index < -0.39 is 0 Å². The van der Waals surface area contributed by atoms with E-state index in [1.165, 1.54) is 5.69 Å². The predicted octanol–water partition coefficient (Wildman–Crippen LogP) is 3.64. The van der Waals surface area contributed by atoms with Crippen LogP contribution in [-0.4, -0.2) is 50.6 Å². The highest BCUT2D eigenvalue weighted by atomic mass is 16.5. The number of benzene rings is 2. The minimum absolute atomic E-state index is 0.0154. The van der Waals surface area contributed by atoms with E-state index in [1.807, 2.05) is 31.2 Å². The molecule has 1 fully saturated rings. The summed E-state index contributed by atoms with van der Waals surface area (Å²) < 4.78 is 5.35. The van der Waals surface area contributed by atoms with E-state index >= 15 is 0 Å². The Hall–Kier alpha value is -2.53. The topological polar surface area (TPSA) is 44.8 Å². The Morgan fingerprint density at radius 1 is 1.04 bits per heavy atom. The van der Waals surface area contributed by atoms with Crippen molar-refractivity contribution in [3.8, 4) is 5.75 Å². The standard InChI is InChI=1S/C23H31N3O2/c1-5-25-10-12-26(13-11-25)20-8-9-21(18(3)14-20)24-23(27)16-19-7-6-17(2)22(15-19)28-4/h6-9,14-15H,5,10-13,16H2,1-4H3,(H,24,27). The Morgan fingerprint density at radius 2 is 1.79 bits per heavy atom. The van der Waals surface area contributed by atoms with Gasteiger partial charge in [0.15, 0.2) is 0 Å². The van der Waals surface area contributed by atoms with Gasteiger partial charge in [-0.1, -0.05) is 19.1 Å². The summed E-state index contributed by atoms with van der Waals surface area (Å²) in [7, 11) is 1.65. The molecule has 3 rings (SSSR count). The Labute approximate surface area is 168 Å². The van der Waals surface area contributed by atoms with Gasteiger partial charge in [-0.25, -0.2) is 0 Å². The SMILES string of the molecule is CCN1CCN(c2ccc(NC(=O)Cc3ccc(C)c(OC)c3)c(C)c2)CC1. The minimum atomic E-state index is -0.0154. The minimum Gasteiger partial charge on any atom is -0.496 e. The highest BCUT2D eigenvalue weighted by Crippen LogP contribution is 2.24. The zero-order valence-corrected chi connectivity index (χ0v) is 17.4. The molecule has 1 aliphatic heterocycles. The van der Waals surface area contributed by atoms with Crippen LogP contribution >= 0.6 is 0 Å². The van der Waals surface area contributed by atoms with Crippen LogP contribution in [0.2, 0.25) is 0 Å². The Kier molecular flexibility index (Phi) is 6.57. The molecule has 1 saturated heterocycles. The molecule has 0 radical (unpaired) electrons. The second-order valence-electron chi connectivity index (χ2n) is 7.45. The summed E-state index contributed by atoms with van der Waals surface area (Å²) in [6, 6.07) is 12.2. The third-order valence-electron chi connectivity index (χ3n) is 5.51. The van der Waals surface area contributed by atoms with E-state index in [0.29, 0.717) is 6.42 Å². The van der Waals surface area contributed by atoms with Gasteiger partial charge in [0.05, 0.1) is 13.5 Å². The van der Waals surface area contributed by atoms with Crippen molar-refractivity contribution in [1.82, 2.24) is 4.90 Å². The van der Waals surface area contributed by atoms with Gasteiger partial charge in [0.1, 0.15) is 5.75 Å². The van der Waals surface area contributed by atoms with E-state index in [0.717, 1.165) is 60.9 Å². The summed E-state index contributed by atoms with van der Waals surface area (Å²) in [5.41, 5.74) is 5.21. The van der Waals surface area contributed by atoms with Crippen LogP contribution in [-0.2, 0) is 11.2 Å². The molecule has 2 aromatic rings. The van der Waals surface area contributed by atoms with Gasteiger partial charge in [-0.3, -0.25) is 4.79 Å². The van der Waals surface area contributed by atoms with E-state index in [4.69, 9.17) is 4.74 Å². The van der Waals surface area contributed by atoms with Crippen LogP contribution in [0.5, 0.6) is 5.75 Å². The van der Waals surface area contributed by atoms with Crippen molar-refractivity contribution in [2.24, 2.45) is 0 Å². The number of piperazine rings is 1. The zero-order chi connectivity index (χ0) is 20.1. The van der Waals surface area contributed by atoms with E-state index in [-0.39, 0.29) is 5.91 Å². The quantitative estimate of drug-likeness (QED) is 0.830. The molecule has 1 N–H and O–H groups in total. The predicted molar refractivity (Wildman–Crippen MR) is 116 cm³/mol. The number of nitrogens with one attached hydrogen (secondary N) is 1. The van der Waals surface area contributed by atoms with Crippen LogP contribution in [0.1, 0.15) is 23.6 Å².